The molecule has 1 aliphatic heterocycles. The number of nitriles is 1. The number of hydrogen-bond acceptors (Lipinski definition) is 7. The number of nitrogens with zero attached hydrogens (tertiary/aromatic N) is 1. The Balaban J connectivity index is 1.93. The van der Waals surface area contributed by atoms with Crippen LogP contribution in [0.15, 0.2) is 63.1 Å². The van der Waals surface area contributed by atoms with Crippen LogP contribution in [0.25, 0.3) is 11.0 Å². The number of nitrogens with two attached hydrogens (primary N) is 1. The highest BCUT2D eigenvalue weighted by atomic mass is 16.5. The molecular formula is C23H20N2O5. The molecule has 2 aromatic carbocycles. The van der Waals surface area contributed by atoms with Crippen LogP contribution in [-0.2, 0) is 0 Å². The van der Waals surface area contributed by atoms with Gasteiger partial charge in [0.05, 0.1) is 25.0 Å². The average molecular weight is 404 g/mol. The summed E-state index contributed by atoms with van der Waals surface area (Å²) in [5, 5.41) is 10.1. The second-order valence-corrected chi connectivity index (χ2v) is 6.80. The minimum atomic E-state index is -0.717. The lowest BCUT2D eigenvalue weighted by Crippen LogP contribution is -2.25. The summed E-state index contributed by atoms with van der Waals surface area (Å²) in [6.45, 7) is 2.56. The molecule has 4 rings (SSSR count). The molecule has 0 spiro atoms. The topological polar surface area (TPSA) is 108 Å². The Labute approximate surface area is 172 Å². The van der Waals surface area contributed by atoms with Crippen LogP contribution < -0.4 is 25.4 Å². The third-order valence-corrected chi connectivity index (χ3v) is 4.91. The van der Waals surface area contributed by atoms with E-state index in [0.717, 1.165) is 6.42 Å². The molecule has 3 aromatic rings. The zero-order valence-electron chi connectivity index (χ0n) is 16.6. The molecule has 0 bridgehead atoms. The molecular weight excluding hydrogens is 384 g/mol. The first-order valence-electron chi connectivity index (χ1n) is 9.53. The van der Waals surface area contributed by atoms with Gasteiger partial charge in [-0.05, 0) is 36.2 Å². The fourth-order valence-corrected chi connectivity index (χ4v) is 3.50. The van der Waals surface area contributed by atoms with Crippen molar-refractivity contribution >= 4 is 11.0 Å². The van der Waals surface area contributed by atoms with Crippen molar-refractivity contribution in [3.05, 3.63) is 75.5 Å². The highest BCUT2D eigenvalue weighted by Gasteiger charge is 2.36. The molecule has 2 heterocycles. The Bertz CT molecular complexity index is 1250. The molecule has 7 heteroatoms. The second kappa shape index (κ2) is 7.84. The van der Waals surface area contributed by atoms with Crippen LogP contribution in [0.3, 0.4) is 0 Å². The van der Waals surface area contributed by atoms with Crippen LogP contribution in [-0.4, -0.2) is 13.7 Å². The maximum absolute atomic E-state index is 13.0. The van der Waals surface area contributed by atoms with E-state index in [-0.39, 0.29) is 28.4 Å². The summed E-state index contributed by atoms with van der Waals surface area (Å²) in [4.78, 5) is 13.0. The Morgan fingerprint density at radius 3 is 2.73 bits per heavy atom. The third-order valence-electron chi connectivity index (χ3n) is 4.91. The summed E-state index contributed by atoms with van der Waals surface area (Å²) < 4.78 is 22.8. The van der Waals surface area contributed by atoms with E-state index in [4.69, 9.17) is 24.4 Å². The van der Waals surface area contributed by atoms with Crippen LogP contribution >= 0.6 is 0 Å². The number of benzene rings is 2. The molecule has 0 radical (unpaired) electrons. The van der Waals surface area contributed by atoms with Gasteiger partial charge >= 0.3 is 0 Å². The minimum Gasteiger partial charge on any atom is -0.493 e. The number of para-hydroxylation sites is 1. The smallest absolute Gasteiger partial charge is 0.235 e. The highest BCUT2D eigenvalue weighted by molar-refractivity contribution is 5.78. The van der Waals surface area contributed by atoms with Crippen molar-refractivity contribution in [1.82, 2.24) is 0 Å². The molecule has 2 N–H and O–H groups in total. The predicted octanol–water partition coefficient (Wildman–Crippen LogP) is 3.81. The first-order chi connectivity index (χ1) is 14.6. The van der Waals surface area contributed by atoms with Gasteiger partial charge in [-0.3, -0.25) is 4.79 Å². The molecule has 152 valence electrons. The van der Waals surface area contributed by atoms with Gasteiger partial charge in [0, 0.05) is 0 Å². The maximum atomic E-state index is 13.0. The van der Waals surface area contributed by atoms with Gasteiger partial charge < -0.3 is 24.4 Å². The predicted molar refractivity (Wildman–Crippen MR) is 111 cm³/mol. The Kier molecular flexibility index (Phi) is 5.07. The molecule has 7 nitrogen and oxygen atoms in total. The normalized spacial score (nSPS) is 15.3. The maximum Gasteiger partial charge on any atom is 0.235 e. The van der Waals surface area contributed by atoms with Crippen molar-refractivity contribution in [2.75, 3.05) is 13.7 Å². The summed E-state index contributed by atoms with van der Waals surface area (Å²) in [5.41, 5.74) is 6.90. The first-order valence-corrected chi connectivity index (χ1v) is 9.53. The summed E-state index contributed by atoms with van der Waals surface area (Å²) >= 11 is 0. The number of ether oxygens (including phenoxy) is 3. The zero-order valence-corrected chi connectivity index (χ0v) is 16.6. The van der Waals surface area contributed by atoms with Crippen LogP contribution in [0, 0.1) is 11.3 Å². The summed E-state index contributed by atoms with van der Waals surface area (Å²) in [7, 11) is 1.54. The number of methoxy groups -OCH3 is 1. The van der Waals surface area contributed by atoms with Crippen LogP contribution in [0.1, 0.15) is 30.6 Å². The summed E-state index contributed by atoms with van der Waals surface area (Å²) in [5.74, 6) is 0.473. The van der Waals surface area contributed by atoms with Crippen molar-refractivity contribution < 1.29 is 18.6 Å². The molecule has 0 aliphatic carbocycles. The standard InChI is InChI=1S/C23H20N2O5/c1-3-10-28-17-9-8-13(11-18(17)27-2)19-15(12-24)23(25)30-22-20(26)14-6-4-5-7-16(14)29-21(19)22/h4-9,11,19H,3,10,25H2,1-2H3. The van der Waals surface area contributed by atoms with E-state index < -0.39 is 5.92 Å². The summed E-state index contributed by atoms with van der Waals surface area (Å²) in [6.07, 6.45) is 0.855. The van der Waals surface area contributed by atoms with Crippen LogP contribution in [0.5, 0.6) is 17.2 Å². The van der Waals surface area contributed by atoms with Crippen LogP contribution in [0.4, 0.5) is 0 Å². The lowest BCUT2D eigenvalue weighted by atomic mass is 9.87. The van der Waals surface area contributed by atoms with Gasteiger partial charge in [0.25, 0.3) is 0 Å². The van der Waals surface area contributed by atoms with E-state index in [1.54, 1.807) is 49.6 Å². The quantitative estimate of drug-likeness (QED) is 0.689. The summed E-state index contributed by atoms with van der Waals surface area (Å²) in [6, 6.07) is 14.3. The van der Waals surface area contributed by atoms with Gasteiger partial charge in [0.2, 0.25) is 17.1 Å². The van der Waals surface area contributed by atoms with Gasteiger partial charge in [-0.1, -0.05) is 25.1 Å². The van der Waals surface area contributed by atoms with Crippen molar-refractivity contribution in [3.63, 3.8) is 0 Å². The number of allylic oxidation sites excluding steroid dienone is 1. The molecule has 1 aromatic heterocycles. The number of rotatable bonds is 5. The molecule has 0 saturated carbocycles. The van der Waals surface area contributed by atoms with Gasteiger partial charge in [0.1, 0.15) is 17.2 Å². The molecule has 1 unspecified atom stereocenters. The average Bonchev–Trinajstić information content (AvgIpc) is 2.77. The van der Waals surface area contributed by atoms with E-state index in [1.807, 2.05) is 6.92 Å². The zero-order chi connectivity index (χ0) is 21.3. The minimum absolute atomic E-state index is 0.0134. The first kappa shape index (κ1) is 19.4. The van der Waals surface area contributed by atoms with E-state index >= 15 is 0 Å². The van der Waals surface area contributed by atoms with Crippen molar-refractivity contribution in [1.29, 1.82) is 5.26 Å². The molecule has 0 amide bonds. The van der Waals surface area contributed by atoms with Crippen molar-refractivity contribution in [3.8, 4) is 23.3 Å². The number of fused-ring (bicyclic) bond motifs is 2. The molecule has 0 fully saturated rings. The van der Waals surface area contributed by atoms with Gasteiger partial charge in [-0.2, -0.15) is 5.26 Å². The third kappa shape index (κ3) is 3.12. The lowest BCUT2D eigenvalue weighted by molar-refractivity contribution is 0.294. The Morgan fingerprint density at radius 2 is 2.00 bits per heavy atom. The van der Waals surface area contributed by atoms with E-state index in [9.17, 15) is 10.1 Å². The number of hydrogen-bond donors (Lipinski definition) is 1. The molecule has 0 saturated heterocycles. The van der Waals surface area contributed by atoms with Gasteiger partial charge in [0.15, 0.2) is 17.3 Å². The van der Waals surface area contributed by atoms with Crippen LogP contribution in [0.2, 0.25) is 0 Å². The van der Waals surface area contributed by atoms with Crippen molar-refractivity contribution in [2.24, 2.45) is 5.73 Å². The molecule has 30 heavy (non-hydrogen) atoms. The fourth-order valence-electron chi connectivity index (χ4n) is 3.50. The van der Waals surface area contributed by atoms with Gasteiger partial charge in [-0.25, -0.2) is 0 Å². The SMILES string of the molecule is CCCOc1ccc(C2C(C#N)=C(N)Oc3c2oc2ccccc2c3=O)cc1OC. The Morgan fingerprint density at radius 1 is 1.20 bits per heavy atom. The van der Waals surface area contributed by atoms with E-state index in [1.165, 1.54) is 0 Å². The second-order valence-electron chi connectivity index (χ2n) is 6.80. The Hall–Kier alpha value is -3.92. The lowest BCUT2D eigenvalue weighted by Gasteiger charge is -2.25. The largest absolute Gasteiger partial charge is 0.493 e. The van der Waals surface area contributed by atoms with E-state index in [0.29, 0.717) is 34.6 Å². The van der Waals surface area contributed by atoms with E-state index in [2.05, 4.69) is 6.07 Å². The molecule has 1 aliphatic rings. The monoisotopic (exact) mass is 404 g/mol. The van der Waals surface area contributed by atoms with Crippen molar-refractivity contribution in [2.45, 2.75) is 19.3 Å². The molecule has 1 atom stereocenters. The van der Waals surface area contributed by atoms with Gasteiger partial charge in [-0.15, -0.1) is 0 Å². The highest BCUT2D eigenvalue weighted by Crippen LogP contribution is 2.43. The fraction of sp³-hybridized carbons (Fsp3) is 0.217.